The minimum Gasteiger partial charge on any atom is -0.497 e. The smallest absolute Gasteiger partial charge is 0.303 e. The number of carbonyl (C=O) groups is 2. The average molecular weight is 479 g/mol. The van der Waals surface area contributed by atoms with E-state index in [4.69, 9.17) is 14.6 Å². The second-order valence-electron chi connectivity index (χ2n) is 8.73. The number of anilines is 1. The number of hydrogen-bond donors (Lipinski definition) is 2. The summed E-state index contributed by atoms with van der Waals surface area (Å²) in [7, 11) is 1.63. The molecule has 0 aliphatic carbocycles. The molecule has 7 nitrogen and oxygen atoms in total. The molecule has 0 amide bonds. The van der Waals surface area contributed by atoms with Crippen LogP contribution in [0.15, 0.2) is 60.9 Å². The van der Waals surface area contributed by atoms with Crippen LogP contribution in [0.2, 0.25) is 0 Å². The van der Waals surface area contributed by atoms with Gasteiger partial charge in [0, 0.05) is 48.7 Å². The molecule has 0 saturated heterocycles. The van der Waals surface area contributed by atoms with Gasteiger partial charge >= 0.3 is 5.97 Å². The topological polar surface area (TPSA) is 89.8 Å². The van der Waals surface area contributed by atoms with Crippen LogP contribution in [-0.2, 0) is 11.3 Å². The Morgan fingerprint density at radius 1 is 1.03 bits per heavy atom. The van der Waals surface area contributed by atoms with E-state index in [9.17, 15) is 9.59 Å². The van der Waals surface area contributed by atoms with Crippen molar-refractivity contribution in [2.24, 2.45) is 0 Å². The summed E-state index contributed by atoms with van der Waals surface area (Å²) in [5.41, 5.74) is 3.14. The van der Waals surface area contributed by atoms with Crippen molar-refractivity contribution < 1.29 is 24.2 Å². The second-order valence-corrected chi connectivity index (χ2v) is 8.73. The molecule has 35 heavy (non-hydrogen) atoms. The maximum Gasteiger partial charge on any atom is 0.303 e. The molecular weight excluding hydrogens is 444 g/mol. The molecule has 0 aliphatic rings. The van der Waals surface area contributed by atoms with Gasteiger partial charge in [-0.2, -0.15) is 0 Å². The molecule has 3 aromatic rings. The summed E-state index contributed by atoms with van der Waals surface area (Å²) in [4.78, 5) is 24.1. The van der Waals surface area contributed by atoms with Crippen molar-refractivity contribution in [3.05, 3.63) is 77.6 Å². The average Bonchev–Trinajstić information content (AvgIpc) is 3.28. The third kappa shape index (κ3) is 7.64. The van der Waals surface area contributed by atoms with Crippen molar-refractivity contribution in [2.45, 2.75) is 45.6 Å². The summed E-state index contributed by atoms with van der Waals surface area (Å²) in [5.74, 6) is 0.936. The summed E-state index contributed by atoms with van der Waals surface area (Å²) in [5, 5.41) is 12.2. The number of hydrogen-bond acceptors (Lipinski definition) is 5. The van der Waals surface area contributed by atoms with Crippen LogP contribution in [0.25, 0.3) is 0 Å². The predicted molar refractivity (Wildman–Crippen MR) is 137 cm³/mol. The lowest BCUT2D eigenvalue weighted by Gasteiger charge is -2.10. The van der Waals surface area contributed by atoms with Gasteiger partial charge in [-0.3, -0.25) is 9.59 Å². The van der Waals surface area contributed by atoms with Crippen molar-refractivity contribution in [2.75, 3.05) is 25.6 Å². The van der Waals surface area contributed by atoms with Gasteiger partial charge in [0.2, 0.25) is 0 Å². The summed E-state index contributed by atoms with van der Waals surface area (Å²) in [6.07, 6.45) is 5.25. The van der Waals surface area contributed by atoms with Gasteiger partial charge in [-0.05, 0) is 60.7 Å². The first-order chi connectivity index (χ1) is 16.9. The number of carboxylic acids is 1. The molecule has 1 heterocycles. The van der Waals surface area contributed by atoms with Gasteiger partial charge in [0.1, 0.15) is 11.5 Å². The zero-order chi connectivity index (χ0) is 25.2. The summed E-state index contributed by atoms with van der Waals surface area (Å²) >= 11 is 0. The number of ketones is 1. The van der Waals surface area contributed by atoms with E-state index in [1.165, 1.54) is 0 Å². The number of carbonyl (C=O) groups excluding carboxylic acids is 1. The number of aromatic nitrogens is 1. The van der Waals surface area contributed by atoms with E-state index >= 15 is 0 Å². The van der Waals surface area contributed by atoms with E-state index in [2.05, 4.69) is 19.2 Å². The Bertz CT molecular complexity index is 1120. The molecule has 0 spiro atoms. The highest BCUT2D eigenvalue weighted by atomic mass is 16.5. The molecule has 0 unspecified atom stereocenters. The highest BCUT2D eigenvalue weighted by molar-refractivity contribution is 6.10. The summed E-state index contributed by atoms with van der Waals surface area (Å²) in [6, 6.07) is 15.0. The number of benzene rings is 2. The summed E-state index contributed by atoms with van der Waals surface area (Å²) in [6.45, 7) is 5.97. The van der Waals surface area contributed by atoms with E-state index in [1.807, 2.05) is 65.5 Å². The van der Waals surface area contributed by atoms with Crippen molar-refractivity contribution >= 4 is 17.4 Å². The molecule has 7 heteroatoms. The molecule has 1 aromatic heterocycles. The Kier molecular flexibility index (Phi) is 9.35. The molecule has 186 valence electrons. The molecule has 0 bridgehead atoms. The van der Waals surface area contributed by atoms with Gasteiger partial charge in [0.05, 0.1) is 13.7 Å². The SMILES string of the molecule is COc1ccc(OCCCNc2cccc(C(=O)c3cn(CCCC(=O)O)cc3C(C)C)c2)cc1. The van der Waals surface area contributed by atoms with E-state index < -0.39 is 5.97 Å². The monoisotopic (exact) mass is 478 g/mol. The van der Waals surface area contributed by atoms with Crippen LogP contribution in [0.5, 0.6) is 11.5 Å². The number of methoxy groups -OCH3 is 1. The fourth-order valence-electron chi connectivity index (χ4n) is 3.81. The number of aliphatic carboxylic acids is 1. The standard InChI is InChI=1S/C28H34N2O5/c1-20(2)25-18-30(15-5-9-27(31)32)19-26(25)28(33)21-7-4-8-22(17-21)29-14-6-16-35-24-12-10-23(34-3)11-13-24/h4,7-8,10-13,17-20,29H,5-6,9,14-16H2,1-3H3,(H,31,32). The van der Waals surface area contributed by atoms with Gasteiger partial charge in [-0.1, -0.05) is 26.0 Å². The van der Waals surface area contributed by atoms with E-state index in [1.54, 1.807) is 7.11 Å². The van der Waals surface area contributed by atoms with E-state index in [0.29, 0.717) is 37.2 Å². The lowest BCUT2D eigenvalue weighted by molar-refractivity contribution is -0.137. The number of ether oxygens (including phenoxy) is 2. The Morgan fingerprint density at radius 3 is 2.46 bits per heavy atom. The quantitative estimate of drug-likeness (QED) is 0.232. The fourth-order valence-corrected chi connectivity index (χ4v) is 3.81. The molecule has 2 aromatic carbocycles. The number of rotatable bonds is 14. The normalized spacial score (nSPS) is 10.9. The van der Waals surface area contributed by atoms with Gasteiger partial charge in [0.15, 0.2) is 5.78 Å². The largest absolute Gasteiger partial charge is 0.497 e. The van der Waals surface area contributed by atoms with Crippen molar-refractivity contribution in [3.8, 4) is 11.5 Å². The first-order valence-corrected chi connectivity index (χ1v) is 11.9. The van der Waals surface area contributed by atoms with Gasteiger partial charge in [-0.25, -0.2) is 0 Å². The van der Waals surface area contributed by atoms with Crippen molar-refractivity contribution in [1.82, 2.24) is 4.57 Å². The van der Waals surface area contributed by atoms with E-state index in [0.717, 1.165) is 29.2 Å². The van der Waals surface area contributed by atoms with Crippen LogP contribution in [-0.4, -0.2) is 41.7 Å². The molecule has 0 aliphatic heterocycles. The molecule has 2 N–H and O–H groups in total. The molecule has 0 fully saturated rings. The molecular formula is C28H34N2O5. The van der Waals surface area contributed by atoms with Gasteiger partial charge in [0.25, 0.3) is 0 Å². The molecule has 3 rings (SSSR count). The zero-order valence-electron chi connectivity index (χ0n) is 20.6. The summed E-state index contributed by atoms with van der Waals surface area (Å²) < 4.78 is 12.8. The predicted octanol–water partition coefficient (Wildman–Crippen LogP) is 5.60. The Labute approximate surface area is 206 Å². The third-order valence-electron chi connectivity index (χ3n) is 5.69. The minimum absolute atomic E-state index is 0.0304. The van der Waals surface area contributed by atoms with Crippen LogP contribution in [0.4, 0.5) is 5.69 Å². The van der Waals surface area contributed by atoms with Crippen LogP contribution in [0.3, 0.4) is 0 Å². The maximum atomic E-state index is 13.3. The third-order valence-corrected chi connectivity index (χ3v) is 5.69. The number of carboxylic acid groups (broad SMARTS) is 1. The highest BCUT2D eigenvalue weighted by Gasteiger charge is 2.19. The Balaban J connectivity index is 1.56. The van der Waals surface area contributed by atoms with Crippen molar-refractivity contribution in [3.63, 3.8) is 0 Å². The number of aryl methyl sites for hydroxylation is 1. The number of nitrogens with one attached hydrogen (secondary N) is 1. The maximum absolute atomic E-state index is 13.3. The Morgan fingerprint density at radius 2 is 1.77 bits per heavy atom. The molecule has 0 atom stereocenters. The Hall–Kier alpha value is -3.74. The van der Waals surface area contributed by atoms with Gasteiger partial charge < -0.3 is 24.5 Å². The zero-order valence-corrected chi connectivity index (χ0v) is 20.6. The first kappa shape index (κ1) is 25.9. The second kappa shape index (κ2) is 12.6. The van der Waals surface area contributed by atoms with Gasteiger partial charge in [-0.15, -0.1) is 0 Å². The van der Waals surface area contributed by atoms with Crippen LogP contribution in [0.1, 0.15) is 60.5 Å². The van der Waals surface area contributed by atoms with Crippen molar-refractivity contribution in [1.29, 1.82) is 0 Å². The molecule has 0 saturated carbocycles. The van der Waals surface area contributed by atoms with Crippen LogP contribution >= 0.6 is 0 Å². The first-order valence-electron chi connectivity index (χ1n) is 11.9. The van der Waals surface area contributed by atoms with E-state index in [-0.39, 0.29) is 18.1 Å². The highest BCUT2D eigenvalue weighted by Crippen LogP contribution is 2.25. The minimum atomic E-state index is -0.811. The lowest BCUT2D eigenvalue weighted by atomic mass is 9.96. The number of nitrogens with zero attached hydrogens (tertiary/aromatic N) is 1. The van der Waals surface area contributed by atoms with Crippen LogP contribution < -0.4 is 14.8 Å². The molecule has 0 radical (unpaired) electrons. The lowest BCUT2D eigenvalue weighted by Crippen LogP contribution is -2.09. The van der Waals surface area contributed by atoms with Crippen LogP contribution in [0, 0.1) is 0 Å². The fraction of sp³-hybridized carbons (Fsp3) is 0.357.